The summed E-state index contributed by atoms with van der Waals surface area (Å²) in [4.78, 5) is 0. The number of hydrogen-bond donors (Lipinski definition) is 0. The Morgan fingerprint density at radius 3 is 0.734 bits per heavy atom. The van der Waals surface area contributed by atoms with Gasteiger partial charge in [0, 0.05) is 0 Å². The van der Waals surface area contributed by atoms with Crippen LogP contribution < -0.4 is 0 Å². The number of benzene rings is 10. The zero-order valence-corrected chi connectivity index (χ0v) is 40.0. The van der Waals surface area contributed by atoms with Gasteiger partial charge in [-0.15, -0.1) is 0 Å². The lowest BCUT2D eigenvalue weighted by molar-refractivity contribution is 0.590. The Kier molecular flexibility index (Phi) is 9.56. The largest absolute Gasteiger partial charge is 0.0616 e. The molecule has 0 heteroatoms. The van der Waals surface area contributed by atoms with Gasteiger partial charge in [0.15, 0.2) is 0 Å². The molecule has 10 aromatic rings. The normalized spacial score (nSPS) is 13.0. The van der Waals surface area contributed by atoms with Crippen molar-refractivity contribution in [2.24, 2.45) is 0 Å². The standard InChI is InChI=1S/C64H62/c1-61(2,3)41-31-53(47-25-17-21-39-19-13-15-23-45(39)47)49-27-29-51-57(55(49)33-41)35-43(63(7,8)9)37-59(51)60-38-44(64(10,11)12)36-58-52(60)30-28-50-54(32-42(34-56(50)58)62(4,5)6)48-26-18-22-40-20-14-16-24-46(40)48/h13-38H,1-12H3. The Morgan fingerprint density at radius 1 is 0.203 bits per heavy atom. The Morgan fingerprint density at radius 2 is 0.453 bits per heavy atom. The third kappa shape index (κ3) is 7.07. The molecule has 0 amide bonds. The molecule has 10 aromatic carbocycles. The smallest absolute Gasteiger partial charge is 0.00959 e. The van der Waals surface area contributed by atoms with Crippen molar-refractivity contribution in [2.75, 3.05) is 0 Å². The molecule has 10 rings (SSSR count). The lowest BCUT2D eigenvalue weighted by atomic mass is 9.77. The van der Waals surface area contributed by atoms with Crippen molar-refractivity contribution in [3.05, 3.63) is 180 Å². The van der Waals surface area contributed by atoms with Gasteiger partial charge in [-0.05, 0) is 190 Å². The predicted octanol–water partition coefficient (Wildman–Crippen LogP) is 18.8. The van der Waals surface area contributed by atoms with Gasteiger partial charge < -0.3 is 0 Å². The molecule has 0 atom stereocenters. The maximum atomic E-state index is 2.52. The van der Waals surface area contributed by atoms with Gasteiger partial charge >= 0.3 is 0 Å². The SMILES string of the molecule is CC(C)(C)c1cc(-c2cccc3ccccc23)c2ccc3c(-c4cc(C(C)(C)C)cc5c4ccc4c(-c6cccc7ccccc67)cc(C(C)(C)C)cc45)cc(C(C)(C)C)cc3c2c1. The van der Waals surface area contributed by atoms with Crippen LogP contribution in [0.3, 0.4) is 0 Å². The average Bonchev–Trinajstić information content (AvgIpc) is 3.25. The van der Waals surface area contributed by atoms with Crippen LogP contribution in [0, 0.1) is 0 Å². The third-order valence-corrected chi connectivity index (χ3v) is 14.0. The molecule has 0 saturated heterocycles. The lowest BCUT2D eigenvalue weighted by Crippen LogP contribution is -2.13. The minimum absolute atomic E-state index is 0.0464. The van der Waals surface area contributed by atoms with Crippen molar-refractivity contribution in [3.63, 3.8) is 0 Å². The third-order valence-electron chi connectivity index (χ3n) is 14.0. The number of rotatable bonds is 3. The van der Waals surface area contributed by atoms with Gasteiger partial charge in [-0.3, -0.25) is 0 Å². The molecule has 0 fully saturated rings. The quantitative estimate of drug-likeness (QED) is 0.156. The summed E-state index contributed by atoms with van der Waals surface area (Å²) in [5.74, 6) is 0. The van der Waals surface area contributed by atoms with Crippen molar-refractivity contribution in [1.29, 1.82) is 0 Å². The fourth-order valence-electron chi connectivity index (χ4n) is 10.1. The molecule has 0 bridgehead atoms. The van der Waals surface area contributed by atoms with E-state index in [0.717, 1.165) is 0 Å². The highest BCUT2D eigenvalue weighted by Crippen LogP contribution is 2.48. The number of fused-ring (bicyclic) bond motifs is 8. The van der Waals surface area contributed by atoms with E-state index in [1.54, 1.807) is 0 Å². The summed E-state index contributed by atoms with van der Waals surface area (Å²) in [6.45, 7) is 28.3. The Hall–Kier alpha value is -6.24. The minimum Gasteiger partial charge on any atom is -0.0616 e. The summed E-state index contributed by atoms with van der Waals surface area (Å²) in [7, 11) is 0. The summed E-state index contributed by atoms with van der Waals surface area (Å²) in [5.41, 5.74) is 12.9. The van der Waals surface area contributed by atoms with Crippen LogP contribution in [0.15, 0.2) is 158 Å². The fourth-order valence-corrected chi connectivity index (χ4v) is 10.1. The van der Waals surface area contributed by atoms with E-state index in [1.807, 2.05) is 0 Å². The van der Waals surface area contributed by atoms with Crippen LogP contribution in [-0.4, -0.2) is 0 Å². The van der Waals surface area contributed by atoms with Crippen molar-refractivity contribution in [3.8, 4) is 33.4 Å². The minimum atomic E-state index is -0.0791. The molecule has 0 aromatic heterocycles. The Labute approximate surface area is 381 Å². The average molecular weight is 831 g/mol. The van der Waals surface area contributed by atoms with Gasteiger partial charge in [0.1, 0.15) is 0 Å². The topological polar surface area (TPSA) is 0 Å². The Balaban J connectivity index is 1.34. The molecule has 318 valence electrons. The first-order valence-electron chi connectivity index (χ1n) is 23.3. The molecule has 0 heterocycles. The van der Waals surface area contributed by atoms with E-state index in [9.17, 15) is 0 Å². The lowest BCUT2D eigenvalue weighted by Gasteiger charge is -2.27. The van der Waals surface area contributed by atoms with E-state index in [-0.39, 0.29) is 21.7 Å². The van der Waals surface area contributed by atoms with Crippen LogP contribution in [0.4, 0.5) is 0 Å². The van der Waals surface area contributed by atoms with Crippen LogP contribution in [0.5, 0.6) is 0 Å². The summed E-state index contributed by atoms with van der Waals surface area (Å²) in [6, 6.07) is 60.9. The molecule has 0 radical (unpaired) electrons. The molecule has 0 aliphatic rings. The maximum absolute atomic E-state index is 2.52. The van der Waals surface area contributed by atoms with Gasteiger partial charge in [-0.25, -0.2) is 0 Å². The van der Waals surface area contributed by atoms with E-state index < -0.39 is 0 Å². The molecule has 0 unspecified atom stereocenters. The Bertz CT molecular complexity index is 3260. The van der Waals surface area contributed by atoms with Gasteiger partial charge in [-0.2, -0.15) is 0 Å². The molecule has 0 saturated carbocycles. The molecule has 0 nitrogen and oxygen atoms in total. The van der Waals surface area contributed by atoms with E-state index in [1.165, 1.54) is 120 Å². The first-order chi connectivity index (χ1) is 30.3. The highest BCUT2D eigenvalue weighted by molar-refractivity contribution is 6.22. The monoisotopic (exact) mass is 830 g/mol. The highest BCUT2D eigenvalue weighted by Gasteiger charge is 2.26. The summed E-state index contributed by atoms with van der Waals surface area (Å²) >= 11 is 0. The van der Waals surface area contributed by atoms with Crippen LogP contribution in [-0.2, 0) is 21.7 Å². The molecule has 0 aliphatic carbocycles. The molecule has 64 heavy (non-hydrogen) atoms. The van der Waals surface area contributed by atoms with Crippen molar-refractivity contribution >= 4 is 64.6 Å². The summed E-state index contributed by atoms with van der Waals surface area (Å²) in [5, 5.41) is 15.6. The first kappa shape index (κ1) is 41.8. The molecular weight excluding hydrogens is 769 g/mol. The van der Waals surface area contributed by atoms with Gasteiger partial charge in [0.25, 0.3) is 0 Å². The molecule has 0 spiro atoms. The van der Waals surface area contributed by atoms with Crippen LogP contribution in [0.2, 0.25) is 0 Å². The van der Waals surface area contributed by atoms with Crippen LogP contribution >= 0.6 is 0 Å². The maximum Gasteiger partial charge on any atom is -0.00959 e. The number of hydrogen-bond acceptors (Lipinski definition) is 0. The van der Waals surface area contributed by atoms with Crippen molar-refractivity contribution in [1.82, 2.24) is 0 Å². The fraction of sp³-hybridized carbons (Fsp3) is 0.250. The molecular formula is C64H62. The van der Waals surface area contributed by atoms with Gasteiger partial charge in [0.05, 0.1) is 0 Å². The zero-order chi connectivity index (χ0) is 45.1. The molecule has 0 N–H and O–H groups in total. The first-order valence-corrected chi connectivity index (χ1v) is 23.3. The van der Waals surface area contributed by atoms with Crippen LogP contribution in [0.1, 0.15) is 105 Å². The second kappa shape index (κ2) is 14.6. The second-order valence-electron chi connectivity index (χ2n) is 22.7. The highest BCUT2D eigenvalue weighted by atomic mass is 14.3. The van der Waals surface area contributed by atoms with E-state index in [2.05, 4.69) is 241 Å². The van der Waals surface area contributed by atoms with Crippen molar-refractivity contribution < 1.29 is 0 Å². The van der Waals surface area contributed by atoms with Gasteiger partial charge in [0.2, 0.25) is 0 Å². The van der Waals surface area contributed by atoms with E-state index >= 15 is 0 Å². The van der Waals surface area contributed by atoms with E-state index in [4.69, 9.17) is 0 Å². The second-order valence-corrected chi connectivity index (χ2v) is 22.7. The van der Waals surface area contributed by atoms with Crippen LogP contribution in [0.25, 0.3) is 98.0 Å². The van der Waals surface area contributed by atoms with Gasteiger partial charge in [-0.1, -0.05) is 192 Å². The molecule has 0 aliphatic heterocycles. The van der Waals surface area contributed by atoms with E-state index in [0.29, 0.717) is 0 Å². The van der Waals surface area contributed by atoms with Crippen molar-refractivity contribution in [2.45, 2.75) is 105 Å². The zero-order valence-electron chi connectivity index (χ0n) is 40.0. The summed E-state index contributed by atoms with van der Waals surface area (Å²) in [6.07, 6.45) is 0. The summed E-state index contributed by atoms with van der Waals surface area (Å²) < 4.78 is 0. The predicted molar refractivity (Wildman–Crippen MR) is 283 cm³/mol.